The van der Waals surface area contributed by atoms with Crippen LogP contribution in [0.4, 0.5) is 10.1 Å². The van der Waals surface area contributed by atoms with Crippen LogP contribution in [-0.2, 0) is 11.3 Å². The minimum absolute atomic E-state index is 0.149. The van der Waals surface area contributed by atoms with Gasteiger partial charge in [-0.2, -0.15) is 0 Å². The van der Waals surface area contributed by atoms with Crippen LogP contribution in [-0.4, -0.2) is 44.8 Å². The molecule has 0 atom stereocenters. The Kier molecular flexibility index (Phi) is 5.19. The van der Waals surface area contributed by atoms with E-state index < -0.39 is 0 Å². The predicted molar refractivity (Wildman–Crippen MR) is 79.1 cm³/mol. The standard InChI is InChI=1S/C14H20BrFN2O/c1-3-17(2)10-11-13(5-4-12(15)14(11)16)18-6-8-19-9-7-18/h4-5H,3,6-10H2,1-2H3. The Morgan fingerprint density at radius 1 is 1.37 bits per heavy atom. The maximum atomic E-state index is 14.4. The van der Waals surface area contributed by atoms with Crippen LogP contribution in [0.15, 0.2) is 16.6 Å². The van der Waals surface area contributed by atoms with Gasteiger partial charge in [0.1, 0.15) is 5.82 Å². The van der Waals surface area contributed by atoms with E-state index in [1.807, 2.05) is 13.1 Å². The number of benzene rings is 1. The van der Waals surface area contributed by atoms with Gasteiger partial charge in [0.25, 0.3) is 0 Å². The number of hydrogen-bond acceptors (Lipinski definition) is 3. The molecule has 0 saturated carbocycles. The van der Waals surface area contributed by atoms with Gasteiger partial charge in [0.05, 0.1) is 17.7 Å². The van der Waals surface area contributed by atoms with Crippen molar-refractivity contribution in [3.8, 4) is 0 Å². The molecule has 2 rings (SSSR count). The molecule has 5 heteroatoms. The Morgan fingerprint density at radius 3 is 2.68 bits per heavy atom. The molecule has 0 N–H and O–H groups in total. The van der Waals surface area contributed by atoms with Gasteiger partial charge in [-0.15, -0.1) is 0 Å². The van der Waals surface area contributed by atoms with Crippen LogP contribution in [0.2, 0.25) is 0 Å². The van der Waals surface area contributed by atoms with Crippen LogP contribution in [0.3, 0.4) is 0 Å². The molecule has 3 nitrogen and oxygen atoms in total. The van der Waals surface area contributed by atoms with Gasteiger partial charge in [-0.1, -0.05) is 6.92 Å². The van der Waals surface area contributed by atoms with E-state index in [0.717, 1.165) is 30.9 Å². The SMILES string of the molecule is CCN(C)Cc1c(N2CCOCC2)ccc(Br)c1F. The Hall–Kier alpha value is -0.650. The largest absolute Gasteiger partial charge is 0.378 e. The monoisotopic (exact) mass is 330 g/mol. The highest BCUT2D eigenvalue weighted by molar-refractivity contribution is 9.10. The van der Waals surface area contributed by atoms with Gasteiger partial charge in [-0.3, -0.25) is 0 Å². The summed E-state index contributed by atoms with van der Waals surface area (Å²) in [5.74, 6) is -0.149. The van der Waals surface area contributed by atoms with Crippen molar-refractivity contribution in [2.45, 2.75) is 13.5 Å². The Bertz CT molecular complexity index is 436. The van der Waals surface area contributed by atoms with E-state index in [1.165, 1.54) is 0 Å². The van der Waals surface area contributed by atoms with Gasteiger partial charge in [-0.05, 0) is 41.7 Å². The fraction of sp³-hybridized carbons (Fsp3) is 0.571. The van der Waals surface area contributed by atoms with Crippen molar-refractivity contribution in [2.75, 3.05) is 44.8 Å². The highest BCUT2D eigenvalue weighted by Gasteiger charge is 2.19. The van der Waals surface area contributed by atoms with Gasteiger partial charge in [0.2, 0.25) is 0 Å². The zero-order valence-electron chi connectivity index (χ0n) is 11.5. The second kappa shape index (κ2) is 6.68. The van der Waals surface area contributed by atoms with Crippen molar-refractivity contribution in [3.63, 3.8) is 0 Å². The summed E-state index contributed by atoms with van der Waals surface area (Å²) in [7, 11) is 2.00. The van der Waals surface area contributed by atoms with Crippen molar-refractivity contribution >= 4 is 21.6 Å². The lowest BCUT2D eigenvalue weighted by molar-refractivity contribution is 0.122. The summed E-state index contributed by atoms with van der Waals surface area (Å²) in [4.78, 5) is 4.31. The van der Waals surface area contributed by atoms with Gasteiger partial charge >= 0.3 is 0 Å². The molecule has 1 fully saturated rings. The third kappa shape index (κ3) is 3.46. The second-order valence-corrected chi connectivity index (χ2v) is 5.64. The van der Waals surface area contributed by atoms with E-state index in [2.05, 4.69) is 32.7 Å². The molecule has 0 aromatic heterocycles. The first-order chi connectivity index (χ1) is 9.13. The lowest BCUT2D eigenvalue weighted by Gasteiger charge is -2.31. The highest BCUT2D eigenvalue weighted by Crippen LogP contribution is 2.30. The first-order valence-electron chi connectivity index (χ1n) is 6.61. The van der Waals surface area contributed by atoms with Crippen molar-refractivity contribution in [2.24, 2.45) is 0 Å². The summed E-state index contributed by atoms with van der Waals surface area (Å²) in [5, 5.41) is 0. The number of rotatable bonds is 4. The molecule has 0 aliphatic carbocycles. The lowest BCUT2D eigenvalue weighted by Crippen LogP contribution is -2.37. The van der Waals surface area contributed by atoms with Crippen LogP contribution in [0.1, 0.15) is 12.5 Å². The Morgan fingerprint density at radius 2 is 2.05 bits per heavy atom. The smallest absolute Gasteiger partial charge is 0.143 e. The van der Waals surface area contributed by atoms with E-state index in [-0.39, 0.29) is 5.82 Å². The van der Waals surface area contributed by atoms with Crippen LogP contribution >= 0.6 is 15.9 Å². The molecule has 0 unspecified atom stereocenters. The van der Waals surface area contributed by atoms with Crippen LogP contribution in [0.5, 0.6) is 0 Å². The Balaban J connectivity index is 2.32. The van der Waals surface area contributed by atoms with Crippen molar-refractivity contribution < 1.29 is 9.13 Å². The van der Waals surface area contributed by atoms with E-state index in [9.17, 15) is 4.39 Å². The maximum absolute atomic E-state index is 14.4. The van der Waals surface area contributed by atoms with E-state index >= 15 is 0 Å². The average Bonchev–Trinajstić information content (AvgIpc) is 2.45. The Labute approximate surface area is 122 Å². The number of ether oxygens (including phenoxy) is 1. The van der Waals surface area contributed by atoms with Crippen molar-refractivity contribution in [1.29, 1.82) is 0 Å². The van der Waals surface area contributed by atoms with Gasteiger partial charge in [-0.25, -0.2) is 4.39 Å². The minimum Gasteiger partial charge on any atom is -0.378 e. The fourth-order valence-corrected chi connectivity index (χ4v) is 2.59. The molecular weight excluding hydrogens is 311 g/mol. The molecule has 1 aliphatic heterocycles. The summed E-state index contributed by atoms with van der Waals surface area (Å²) < 4.78 is 20.3. The third-order valence-corrected chi connectivity index (χ3v) is 4.10. The molecule has 106 valence electrons. The minimum atomic E-state index is -0.149. The molecular formula is C14H20BrFN2O. The number of nitrogens with zero attached hydrogens (tertiary/aromatic N) is 2. The van der Waals surface area contributed by atoms with Crippen LogP contribution in [0, 0.1) is 5.82 Å². The number of anilines is 1. The zero-order chi connectivity index (χ0) is 13.8. The van der Waals surface area contributed by atoms with E-state index in [0.29, 0.717) is 24.2 Å². The summed E-state index contributed by atoms with van der Waals surface area (Å²) in [6.07, 6.45) is 0. The first kappa shape index (κ1) is 14.8. The van der Waals surface area contributed by atoms with Gasteiger partial charge in [0.15, 0.2) is 0 Å². The molecule has 0 amide bonds. The highest BCUT2D eigenvalue weighted by atomic mass is 79.9. The average molecular weight is 331 g/mol. The van der Waals surface area contributed by atoms with Crippen molar-refractivity contribution in [1.82, 2.24) is 4.90 Å². The molecule has 1 saturated heterocycles. The fourth-order valence-electron chi connectivity index (χ4n) is 2.22. The van der Waals surface area contributed by atoms with Gasteiger partial charge in [0, 0.05) is 30.9 Å². The molecule has 19 heavy (non-hydrogen) atoms. The molecule has 0 bridgehead atoms. The topological polar surface area (TPSA) is 15.7 Å². The molecule has 0 spiro atoms. The predicted octanol–water partition coefficient (Wildman–Crippen LogP) is 2.88. The summed E-state index contributed by atoms with van der Waals surface area (Å²) in [5.41, 5.74) is 1.75. The molecule has 1 aromatic rings. The normalized spacial score (nSPS) is 16.2. The van der Waals surface area contributed by atoms with E-state index in [1.54, 1.807) is 6.07 Å². The molecule has 1 aromatic carbocycles. The third-order valence-electron chi connectivity index (χ3n) is 3.49. The summed E-state index contributed by atoms with van der Waals surface area (Å²) in [6, 6.07) is 3.78. The number of morpholine rings is 1. The molecule has 1 heterocycles. The lowest BCUT2D eigenvalue weighted by atomic mass is 10.1. The molecule has 0 radical (unpaired) electrons. The molecule has 1 aliphatic rings. The number of hydrogen-bond donors (Lipinski definition) is 0. The van der Waals surface area contributed by atoms with Gasteiger partial charge < -0.3 is 14.5 Å². The maximum Gasteiger partial charge on any atom is 0.143 e. The van der Waals surface area contributed by atoms with Crippen LogP contribution in [0.25, 0.3) is 0 Å². The first-order valence-corrected chi connectivity index (χ1v) is 7.41. The van der Waals surface area contributed by atoms with Crippen LogP contribution < -0.4 is 4.90 Å². The summed E-state index contributed by atoms with van der Waals surface area (Å²) in [6.45, 7) is 6.66. The summed E-state index contributed by atoms with van der Waals surface area (Å²) >= 11 is 3.28. The van der Waals surface area contributed by atoms with Crippen molar-refractivity contribution in [3.05, 3.63) is 28.0 Å². The van der Waals surface area contributed by atoms with E-state index in [4.69, 9.17) is 4.74 Å². The number of halogens is 2. The second-order valence-electron chi connectivity index (χ2n) is 4.79. The zero-order valence-corrected chi connectivity index (χ0v) is 13.0. The quantitative estimate of drug-likeness (QED) is 0.844.